The number of hydrogen-bond donors (Lipinski definition) is 1. The molecule has 0 aliphatic carbocycles. The summed E-state index contributed by atoms with van der Waals surface area (Å²) in [7, 11) is 0. The molecule has 102 valence electrons. The zero-order chi connectivity index (χ0) is 13.8. The lowest BCUT2D eigenvalue weighted by Crippen LogP contribution is -2.02. The number of nitrogens with two attached hydrogens (primary N) is 1. The number of rotatable bonds is 5. The van der Waals surface area contributed by atoms with Crippen molar-refractivity contribution < 1.29 is 0 Å². The summed E-state index contributed by atoms with van der Waals surface area (Å²) < 4.78 is 0. The van der Waals surface area contributed by atoms with E-state index in [1.54, 1.807) is 11.3 Å². The van der Waals surface area contributed by atoms with Crippen molar-refractivity contribution in [3.63, 3.8) is 0 Å². The molecule has 1 heterocycles. The quantitative estimate of drug-likeness (QED) is 0.896. The second-order valence-electron chi connectivity index (χ2n) is 4.63. The van der Waals surface area contributed by atoms with Gasteiger partial charge in [0.2, 0.25) is 0 Å². The smallest absolute Gasteiger partial charge is 0.0935 e. The molecule has 0 radical (unpaired) electrons. The van der Waals surface area contributed by atoms with E-state index in [-0.39, 0.29) is 0 Å². The van der Waals surface area contributed by atoms with Gasteiger partial charge in [0.25, 0.3) is 0 Å². The Hall–Kier alpha value is -0.900. The van der Waals surface area contributed by atoms with Crippen LogP contribution in [-0.2, 0) is 12.8 Å². The number of aromatic nitrogens is 1. The van der Waals surface area contributed by atoms with Gasteiger partial charge >= 0.3 is 0 Å². The second-order valence-corrected chi connectivity index (χ2v) is 6.21. The monoisotopic (exact) mass is 294 g/mol. The van der Waals surface area contributed by atoms with Crippen molar-refractivity contribution in [1.29, 1.82) is 0 Å². The maximum absolute atomic E-state index is 6.09. The molecule has 2 rings (SSSR count). The molecule has 0 aliphatic heterocycles. The van der Waals surface area contributed by atoms with Gasteiger partial charge in [-0.1, -0.05) is 24.6 Å². The van der Waals surface area contributed by atoms with E-state index >= 15 is 0 Å². The highest BCUT2D eigenvalue weighted by atomic mass is 35.5. The van der Waals surface area contributed by atoms with Crippen LogP contribution in [0.25, 0.3) is 11.3 Å². The Morgan fingerprint density at radius 1 is 1.32 bits per heavy atom. The zero-order valence-electron chi connectivity index (χ0n) is 11.4. The molecule has 1 aromatic carbocycles. The van der Waals surface area contributed by atoms with E-state index in [0.29, 0.717) is 6.54 Å². The fraction of sp³-hybridized carbons (Fsp3) is 0.400. The van der Waals surface area contributed by atoms with Gasteiger partial charge in [-0.05, 0) is 50.4 Å². The Balaban J connectivity index is 2.43. The van der Waals surface area contributed by atoms with E-state index in [9.17, 15) is 0 Å². The Morgan fingerprint density at radius 2 is 2.11 bits per heavy atom. The van der Waals surface area contributed by atoms with Crippen molar-refractivity contribution in [3.8, 4) is 11.3 Å². The molecule has 1 aromatic heterocycles. The van der Waals surface area contributed by atoms with Gasteiger partial charge in [-0.2, -0.15) is 0 Å². The average molecular weight is 295 g/mol. The van der Waals surface area contributed by atoms with Crippen molar-refractivity contribution in [2.45, 2.75) is 33.1 Å². The van der Waals surface area contributed by atoms with E-state index in [4.69, 9.17) is 22.3 Å². The fourth-order valence-corrected chi connectivity index (χ4v) is 3.36. The predicted molar refractivity (Wildman–Crippen MR) is 84.1 cm³/mol. The van der Waals surface area contributed by atoms with Gasteiger partial charge in [0.1, 0.15) is 0 Å². The summed E-state index contributed by atoms with van der Waals surface area (Å²) >= 11 is 7.88. The summed E-state index contributed by atoms with van der Waals surface area (Å²) in [6, 6.07) is 6.09. The van der Waals surface area contributed by atoms with E-state index in [0.717, 1.165) is 41.1 Å². The highest BCUT2D eigenvalue weighted by Gasteiger charge is 2.13. The molecular formula is C15H19ClN2S. The average Bonchev–Trinajstić information content (AvgIpc) is 2.77. The number of benzene rings is 1. The van der Waals surface area contributed by atoms with Gasteiger partial charge < -0.3 is 5.73 Å². The Labute approximate surface area is 123 Å². The first-order valence-electron chi connectivity index (χ1n) is 6.60. The number of nitrogens with zero attached hydrogens (tertiary/aromatic N) is 1. The first kappa shape index (κ1) is 14.5. The van der Waals surface area contributed by atoms with Crippen molar-refractivity contribution in [2.24, 2.45) is 5.73 Å². The molecule has 4 heteroatoms. The van der Waals surface area contributed by atoms with Crippen LogP contribution >= 0.6 is 22.9 Å². The fourth-order valence-electron chi connectivity index (χ4n) is 2.04. The minimum atomic E-state index is 0.660. The molecule has 0 saturated heterocycles. The first-order valence-corrected chi connectivity index (χ1v) is 7.80. The molecule has 19 heavy (non-hydrogen) atoms. The molecule has 2 aromatic rings. The van der Waals surface area contributed by atoms with Crippen molar-refractivity contribution >= 4 is 22.9 Å². The van der Waals surface area contributed by atoms with Crippen LogP contribution in [0.5, 0.6) is 0 Å². The summed E-state index contributed by atoms with van der Waals surface area (Å²) in [6.07, 6.45) is 3.04. The number of hydrogen-bond acceptors (Lipinski definition) is 3. The molecule has 0 fully saturated rings. The SMILES string of the molecule is CCCc1nc(-c2ccc(Cl)c(C)c2)c(CCN)s1. The molecule has 0 atom stereocenters. The van der Waals surface area contributed by atoms with Crippen molar-refractivity contribution in [3.05, 3.63) is 38.7 Å². The lowest BCUT2D eigenvalue weighted by molar-refractivity contribution is 0.909. The van der Waals surface area contributed by atoms with E-state index < -0.39 is 0 Å². The summed E-state index contributed by atoms with van der Waals surface area (Å²) in [5.41, 5.74) is 9.01. The van der Waals surface area contributed by atoms with E-state index in [1.165, 1.54) is 9.88 Å². The molecule has 2 N–H and O–H groups in total. The highest BCUT2D eigenvalue weighted by Crippen LogP contribution is 2.31. The van der Waals surface area contributed by atoms with Crippen LogP contribution in [0.3, 0.4) is 0 Å². The van der Waals surface area contributed by atoms with Gasteiger partial charge in [-0.15, -0.1) is 11.3 Å². The third kappa shape index (κ3) is 3.35. The molecule has 0 unspecified atom stereocenters. The highest BCUT2D eigenvalue weighted by molar-refractivity contribution is 7.12. The van der Waals surface area contributed by atoms with E-state index in [1.807, 2.05) is 19.1 Å². The number of halogens is 1. The molecular weight excluding hydrogens is 276 g/mol. The van der Waals surface area contributed by atoms with Crippen LogP contribution in [0.15, 0.2) is 18.2 Å². The van der Waals surface area contributed by atoms with Gasteiger partial charge in [-0.25, -0.2) is 4.98 Å². The van der Waals surface area contributed by atoms with Gasteiger partial charge in [0.05, 0.1) is 10.7 Å². The molecule has 2 nitrogen and oxygen atoms in total. The van der Waals surface area contributed by atoms with Gasteiger partial charge in [0, 0.05) is 15.5 Å². The summed E-state index contributed by atoms with van der Waals surface area (Å²) in [5, 5.41) is 2.00. The lowest BCUT2D eigenvalue weighted by atomic mass is 10.1. The second kappa shape index (κ2) is 6.51. The number of aryl methyl sites for hydroxylation is 2. The minimum Gasteiger partial charge on any atom is -0.330 e. The Morgan fingerprint density at radius 3 is 2.74 bits per heavy atom. The van der Waals surface area contributed by atoms with Crippen molar-refractivity contribution in [2.75, 3.05) is 6.54 Å². The largest absolute Gasteiger partial charge is 0.330 e. The Kier molecular flexibility index (Phi) is 4.97. The van der Waals surface area contributed by atoms with Gasteiger partial charge in [0.15, 0.2) is 0 Å². The summed E-state index contributed by atoms with van der Waals surface area (Å²) in [5.74, 6) is 0. The van der Waals surface area contributed by atoms with Crippen LogP contribution in [0.4, 0.5) is 0 Å². The Bertz CT molecular complexity index is 563. The standard InChI is InChI=1S/C15H19ClN2S/c1-3-4-14-18-15(13(19-14)7-8-17)11-5-6-12(16)10(2)9-11/h5-6,9H,3-4,7-8,17H2,1-2H3. The van der Waals surface area contributed by atoms with Crippen LogP contribution < -0.4 is 5.73 Å². The van der Waals surface area contributed by atoms with Crippen LogP contribution in [-0.4, -0.2) is 11.5 Å². The molecule has 0 amide bonds. The predicted octanol–water partition coefficient (Wildman–Crippen LogP) is 4.23. The van der Waals surface area contributed by atoms with Crippen molar-refractivity contribution in [1.82, 2.24) is 4.98 Å². The van der Waals surface area contributed by atoms with Gasteiger partial charge in [-0.3, -0.25) is 0 Å². The minimum absolute atomic E-state index is 0.660. The van der Waals surface area contributed by atoms with Crippen LogP contribution in [0, 0.1) is 6.92 Å². The molecule has 0 saturated carbocycles. The normalized spacial score (nSPS) is 10.9. The summed E-state index contributed by atoms with van der Waals surface area (Å²) in [6.45, 7) is 4.86. The van der Waals surface area contributed by atoms with Crippen LogP contribution in [0.2, 0.25) is 5.02 Å². The maximum Gasteiger partial charge on any atom is 0.0935 e. The van der Waals surface area contributed by atoms with Crippen LogP contribution in [0.1, 0.15) is 28.8 Å². The first-order chi connectivity index (χ1) is 9.15. The third-order valence-electron chi connectivity index (χ3n) is 3.01. The summed E-state index contributed by atoms with van der Waals surface area (Å²) in [4.78, 5) is 6.06. The lowest BCUT2D eigenvalue weighted by Gasteiger charge is -2.04. The number of thiazole rings is 1. The maximum atomic E-state index is 6.09. The van der Waals surface area contributed by atoms with E-state index in [2.05, 4.69) is 13.0 Å². The zero-order valence-corrected chi connectivity index (χ0v) is 12.9. The molecule has 0 spiro atoms. The third-order valence-corrected chi connectivity index (χ3v) is 4.61. The topological polar surface area (TPSA) is 38.9 Å². The molecule has 0 bridgehead atoms. The molecule has 0 aliphatic rings.